The fourth-order valence-electron chi connectivity index (χ4n) is 2.70. The van der Waals surface area contributed by atoms with Crippen LogP contribution in [0.5, 0.6) is 0 Å². The van der Waals surface area contributed by atoms with E-state index in [1.165, 1.54) is 10.4 Å². The molecule has 2 heterocycles. The van der Waals surface area contributed by atoms with Crippen molar-refractivity contribution in [3.63, 3.8) is 0 Å². The van der Waals surface area contributed by atoms with Crippen molar-refractivity contribution in [2.24, 2.45) is 10.9 Å². The maximum atomic E-state index is 11.9. The van der Waals surface area contributed by atoms with Gasteiger partial charge < -0.3 is 15.0 Å². The van der Waals surface area contributed by atoms with Crippen LogP contribution in [0.4, 0.5) is 0 Å². The number of esters is 1. The largest absolute Gasteiger partial charge is 0.466 e. The highest BCUT2D eigenvalue weighted by Gasteiger charge is 2.28. The second-order valence-electron chi connectivity index (χ2n) is 5.46. The highest BCUT2D eigenvalue weighted by atomic mass is 127. The number of aliphatic imine (C=N–C) groups is 1. The van der Waals surface area contributed by atoms with E-state index in [1.807, 2.05) is 6.92 Å². The maximum Gasteiger partial charge on any atom is 0.310 e. The molecule has 1 atom stereocenters. The number of likely N-dealkylation sites (tertiary alicyclic amines) is 1. The summed E-state index contributed by atoms with van der Waals surface area (Å²) < 4.78 is 5.15. The van der Waals surface area contributed by atoms with Crippen molar-refractivity contribution in [3.05, 3.63) is 21.9 Å². The Labute approximate surface area is 159 Å². The Morgan fingerprint density at radius 2 is 2.35 bits per heavy atom. The molecule has 1 unspecified atom stereocenters. The summed E-state index contributed by atoms with van der Waals surface area (Å²) >= 11 is 1.75. The molecule has 2 rings (SSSR count). The molecule has 1 aromatic heterocycles. The molecule has 0 saturated carbocycles. The van der Waals surface area contributed by atoms with E-state index >= 15 is 0 Å². The fourth-order valence-corrected chi connectivity index (χ4v) is 3.54. The van der Waals surface area contributed by atoms with Crippen LogP contribution in [-0.2, 0) is 16.1 Å². The van der Waals surface area contributed by atoms with Crippen molar-refractivity contribution >= 4 is 47.2 Å². The van der Waals surface area contributed by atoms with Gasteiger partial charge in [0.05, 0.1) is 19.1 Å². The Bertz CT molecular complexity index is 533. The normalized spacial score (nSPS) is 18.3. The molecule has 0 spiro atoms. The van der Waals surface area contributed by atoms with Crippen LogP contribution in [0.1, 0.15) is 30.2 Å². The first-order chi connectivity index (χ1) is 10.7. The minimum absolute atomic E-state index is 0. The topological polar surface area (TPSA) is 53.9 Å². The zero-order valence-electron chi connectivity index (χ0n) is 14.0. The molecule has 23 heavy (non-hydrogen) atoms. The standard InChI is InChI=1S/C16H25N3O2S.HI/c1-4-21-15(20)13-6-5-8-19(11-13)16(17-3)18-10-14-12(2)7-9-22-14;/h7,9,13H,4-6,8,10-11H2,1-3H3,(H,17,18);1H. The van der Waals surface area contributed by atoms with Gasteiger partial charge in [0.15, 0.2) is 5.96 Å². The van der Waals surface area contributed by atoms with Gasteiger partial charge in [-0.1, -0.05) is 0 Å². The van der Waals surface area contributed by atoms with Crippen molar-refractivity contribution in [1.82, 2.24) is 10.2 Å². The van der Waals surface area contributed by atoms with Gasteiger partial charge in [-0.05, 0) is 43.7 Å². The zero-order valence-corrected chi connectivity index (χ0v) is 17.1. The molecule has 5 nitrogen and oxygen atoms in total. The number of hydrogen-bond donors (Lipinski definition) is 1. The average molecular weight is 451 g/mol. The Morgan fingerprint density at radius 1 is 1.57 bits per heavy atom. The number of nitrogens with one attached hydrogen (secondary N) is 1. The predicted molar refractivity (Wildman–Crippen MR) is 106 cm³/mol. The highest BCUT2D eigenvalue weighted by molar-refractivity contribution is 14.0. The smallest absolute Gasteiger partial charge is 0.310 e. The number of thiophene rings is 1. The van der Waals surface area contributed by atoms with E-state index in [0.29, 0.717) is 13.2 Å². The lowest BCUT2D eigenvalue weighted by Crippen LogP contribution is -2.48. The molecule has 1 saturated heterocycles. The second-order valence-corrected chi connectivity index (χ2v) is 6.47. The first kappa shape index (κ1) is 20.2. The van der Waals surface area contributed by atoms with Crippen molar-refractivity contribution in [2.45, 2.75) is 33.2 Å². The first-order valence-corrected chi connectivity index (χ1v) is 8.68. The number of piperidine rings is 1. The number of aryl methyl sites for hydroxylation is 1. The lowest BCUT2D eigenvalue weighted by Gasteiger charge is -2.33. The van der Waals surface area contributed by atoms with Gasteiger partial charge in [0.1, 0.15) is 0 Å². The van der Waals surface area contributed by atoms with Gasteiger partial charge in [-0.3, -0.25) is 9.79 Å². The lowest BCUT2D eigenvalue weighted by atomic mass is 9.98. The molecule has 1 N–H and O–H groups in total. The number of halogens is 1. The van der Waals surface area contributed by atoms with Gasteiger partial charge in [0, 0.05) is 25.0 Å². The van der Waals surface area contributed by atoms with Crippen LogP contribution < -0.4 is 5.32 Å². The van der Waals surface area contributed by atoms with Crippen LogP contribution in [0.2, 0.25) is 0 Å². The molecule has 0 amide bonds. The van der Waals surface area contributed by atoms with E-state index in [-0.39, 0.29) is 35.9 Å². The number of ether oxygens (including phenoxy) is 1. The summed E-state index contributed by atoms with van der Waals surface area (Å²) in [4.78, 5) is 19.8. The van der Waals surface area contributed by atoms with Crippen molar-refractivity contribution in [1.29, 1.82) is 0 Å². The maximum absolute atomic E-state index is 11.9. The number of carbonyl (C=O) groups is 1. The third kappa shape index (κ3) is 5.63. The Morgan fingerprint density at radius 3 is 2.96 bits per heavy atom. The molecular formula is C16H26IN3O2S. The Kier molecular flexibility index (Phi) is 8.90. The molecule has 1 fully saturated rings. The molecule has 1 aliphatic rings. The monoisotopic (exact) mass is 451 g/mol. The van der Waals surface area contributed by atoms with Crippen LogP contribution >= 0.6 is 35.3 Å². The van der Waals surface area contributed by atoms with Crippen molar-refractivity contribution in [3.8, 4) is 0 Å². The van der Waals surface area contributed by atoms with Gasteiger partial charge in [-0.2, -0.15) is 0 Å². The van der Waals surface area contributed by atoms with Gasteiger partial charge >= 0.3 is 5.97 Å². The SMILES string of the molecule is CCOC(=O)C1CCCN(C(=NC)NCc2sccc2C)C1.I. The highest BCUT2D eigenvalue weighted by Crippen LogP contribution is 2.19. The number of guanidine groups is 1. The van der Waals surface area contributed by atoms with Crippen LogP contribution in [-0.4, -0.2) is 43.6 Å². The number of carbonyl (C=O) groups excluding carboxylic acids is 1. The number of rotatable bonds is 4. The van der Waals surface area contributed by atoms with E-state index in [0.717, 1.165) is 31.9 Å². The molecule has 0 radical (unpaired) electrons. The van der Waals surface area contributed by atoms with E-state index in [1.54, 1.807) is 18.4 Å². The molecule has 1 aliphatic heterocycles. The molecule has 0 bridgehead atoms. The van der Waals surface area contributed by atoms with E-state index < -0.39 is 0 Å². The molecule has 0 aromatic carbocycles. The molecule has 0 aliphatic carbocycles. The summed E-state index contributed by atoms with van der Waals surface area (Å²) in [6.07, 6.45) is 1.89. The van der Waals surface area contributed by atoms with Gasteiger partial charge in [-0.25, -0.2) is 0 Å². The van der Waals surface area contributed by atoms with Crippen molar-refractivity contribution < 1.29 is 9.53 Å². The number of nitrogens with zero attached hydrogens (tertiary/aromatic N) is 2. The van der Waals surface area contributed by atoms with Crippen molar-refractivity contribution in [2.75, 3.05) is 26.7 Å². The lowest BCUT2D eigenvalue weighted by molar-refractivity contribution is -0.149. The zero-order chi connectivity index (χ0) is 15.9. The predicted octanol–water partition coefficient (Wildman–Crippen LogP) is 3.03. The average Bonchev–Trinajstić information content (AvgIpc) is 2.94. The van der Waals surface area contributed by atoms with Crippen LogP contribution in [0.15, 0.2) is 16.4 Å². The Balaban J connectivity index is 0.00000264. The second kappa shape index (κ2) is 10.1. The van der Waals surface area contributed by atoms with Crippen LogP contribution in [0, 0.1) is 12.8 Å². The fraction of sp³-hybridized carbons (Fsp3) is 0.625. The summed E-state index contributed by atoms with van der Waals surface area (Å²) in [7, 11) is 1.79. The van der Waals surface area contributed by atoms with Gasteiger partial charge in [-0.15, -0.1) is 35.3 Å². The van der Waals surface area contributed by atoms with Crippen LogP contribution in [0.25, 0.3) is 0 Å². The summed E-state index contributed by atoms with van der Waals surface area (Å²) in [5.74, 6) is 0.731. The van der Waals surface area contributed by atoms with Gasteiger partial charge in [0.2, 0.25) is 0 Å². The van der Waals surface area contributed by atoms with E-state index in [2.05, 4.69) is 33.6 Å². The first-order valence-electron chi connectivity index (χ1n) is 7.81. The Hall–Kier alpha value is -0.830. The van der Waals surface area contributed by atoms with Gasteiger partial charge in [0.25, 0.3) is 0 Å². The quantitative estimate of drug-likeness (QED) is 0.331. The van der Waals surface area contributed by atoms with Crippen LogP contribution in [0.3, 0.4) is 0 Å². The number of hydrogen-bond acceptors (Lipinski definition) is 4. The summed E-state index contributed by atoms with van der Waals surface area (Å²) in [6, 6.07) is 2.13. The third-order valence-electron chi connectivity index (χ3n) is 3.93. The summed E-state index contributed by atoms with van der Waals surface area (Å²) in [6.45, 7) is 6.80. The van der Waals surface area contributed by atoms with E-state index in [9.17, 15) is 4.79 Å². The summed E-state index contributed by atoms with van der Waals surface area (Å²) in [5.41, 5.74) is 1.30. The summed E-state index contributed by atoms with van der Waals surface area (Å²) in [5, 5.41) is 5.51. The minimum atomic E-state index is -0.0863. The minimum Gasteiger partial charge on any atom is -0.466 e. The van der Waals surface area contributed by atoms with E-state index in [4.69, 9.17) is 4.74 Å². The molecule has 1 aromatic rings. The third-order valence-corrected chi connectivity index (χ3v) is 4.95. The molecule has 7 heteroatoms. The molecule has 130 valence electrons. The molecular weight excluding hydrogens is 425 g/mol.